The van der Waals surface area contributed by atoms with Crippen LogP contribution in [0.3, 0.4) is 0 Å². The maximum atomic E-state index is 6.06. The summed E-state index contributed by atoms with van der Waals surface area (Å²) >= 11 is 0. The third-order valence-corrected chi connectivity index (χ3v) is 7.55. The normalized spacial score (nSPS) is 12.0. The molecule has 0 aromatic carbocycles. The fraction of sp³-hybridized carbons (Fsp3) is 1.00. The van der Waals surface area contributed by atoms with Gasteiger partial charge in [-0.25, -0.2) is 0 Å². The van der Waals surface area contributed by atoms with Crippen molar-refractivity contribution >= 4 is 8.32 Å². The zero-order valence-electron chi connectivity index (χ0n) is 9.65. The highest BCUT2D eigenvalue weighted by Gasteiger charge is 2.27. The molecule has 2 nitrogen and oxygen atoms in total. The molecule has 80 valence electrons. The summed E-state index contributed by atoms with van der Waals surface area (Å²) in [4.78, 5) is 0. The Bertz CT molecular complexity index is 107. The molecule has 0 atom stereocenters. The minimum absolute atomic E-state index is 0.898. The molecule has 0 saturated heterocycles. The molecule has 0 aliphatic heterocycles. The lowest BCUT2D eigenvalue weighted by atomic mass is 10.6. The van der Waals surface area contributed by atoms with Gasteiger partial charge in [0.15, 0.2) is 8.32 Å². The first kappa shape index (κ1) is 13.1. The Morgan fingerprint density at radius 2 is 1.54 bits per heavy atom. The number of likely N-dealkylation sites (N-methyl/N-ethyl adjacent to an activating group) is 1. The highest BCUT2D eigenvalue weighted by atomic mass is 28.4. The summed E-state index contributed by atoms with van der Waals surface area (Å²) in [6.45, 7) is 11.9. The summed E-state index contributed by atoms with van der Waals surface area (Å²) in [6, 6.07) is 3.77. The van der Waals surface area contributed by atoms with E-state index >= 15 is 0 Å². The van der Waals surface area contributed by atoms with E-state index in [1.807, 2.05) is 0 Å². The maximum Gasteiger partial charge on any atom is 0.192 e. The monoisotopic (exact) mass is 203 g/mol. The molecular formula is C10H25NOSi. The first-order valence-corrected chi connectivity index (χ1v) is 8.12. The molecule has 13 heavy (non-hydrogen) atoms. The molecular weight excluding hydrogens is 178 g/mol. The highest BCUT2D eigenvalue weighted by molar-refractivity contribution is 6.73. The van der Waals surface area contributed by atoms with Crippen LogP contribution >= 0.6 is 0 Å². The van der Waals surface area contributed by atoms with E-state index < -0.39 is 8.32 Å². The van der Waals surface area contributed by atoms with Gasteiger partial charge < -0.3 is 9.74 Å². The molecule has 0 aliphatic carbocycles. The van der Waals surface area contributed by atoms with Crippen LogP contribution in [0, 0.1) is 0 Å². The zero-order valence-corrected chi connectivity index (χ0v) is 10.7. The topological polar surface area (TPSA) is 21.3 Å². The van der Waals surface area contributed by atoms with Gasteiger partial charge in [-0.1, -0.05) is 27.7 Å². The second-order valence-electron chi connectivity index (χ2n) is 3.45. The van der Waals surface area contributed by atoms with Crippen LogP contribution in [0.4, 0.5) is 0 Å². The molecule has 0 aromatic rings. The van der Waals surface area contributed by atoms with Crippen molar-refractivity contribution < 1.29 is 4.43 Å². The molecule has 0 radical (unpaired) electrons. The zero-order chi connectivity index (χ0) is 10.2. The van der Waals surface area contributed by atoms with Crippen LogP contribution in [0.2, 0.25) is 18.1 Å². The predicted octanol–water partition coefficient (Wildman–Crippen LogP) is 2.62. The van der Waals surface area contributed by atoms with E-state index in [9.17, 15) is 0 Å². The van der Waals surface area contributed by atoms with Crippen molar-refractivity contribution in [2.24, 2.45) is 0 Å². The molecule has 0 heterocycles. The van der Waals surface area contributed by atoms with Crippen LogP contribution in [0.5, 0.6) is 0 Å². The van der Waals surface area contributed by atoms with E-state index in [1.165, 1.54) is 18.1 Å². The Labute approximate surface area is 84.2 Å². The van der Waals surface area contributed by atoms with Crippen LogP contribution in [0.15, 0.2) is 0 Å². The maximum absolute atomic E-state index is 6.06. The van der Waals surface area contributed by atoms with Gasteiger partial charge in [0.1, 0.15) is 0 Å². The van der Waals surface area contributed by atoms with Crippen LogP contribution in [0.1, 0.15) is 27.7 Å². The number of hydrogen-bond acceptors (Lipinski definition) is 2. The standard InChI is InChI=1S/C10H25NOSi/c1-5-11-9-10-12-13(6-2,7-3)8-4/h11H,5-10H2,1-4H3. The van der Waals surface area contributed by atoms with Gasteiger partial charge in [-0.2, -0.15) is 0 Å². The second-order valence-corrected chi connectivity index (χ2v) is 8.22. The molecule has 0 rings (SSSR count). The summed E-state index contributed by atoms with van der Waals surface area (Å²) in [5, 5.41) is 3.29. The van der Waals surface area contributed by atoms with Crippen LogP contribution < -0.4 is 5.32 Å². The van der Waals surface area contributed by atoms with Gasteiger partial charge in [0.2, 0.25) is 0 Å². The van der Waals surface area contributed by atoms with Crippen molar-refractivity contribution in [3.8, 4) is 0 Å². The average Bonchev–Trinajstić information content (AvgIpc) is 2.20. The van der Waals surface area contributed by atoms with Gasteiger partial charge in [-0.05, 0) is 24.7 Å². The predicted molar refractivity (Wildman–Crippen MR) is 61.7 cm³/mol. The van der Waals surface area contributed by atoms with E-state index in [-0.39, 0.29) is 0 Å². The Morgan fingerprint density at radius 1 is 1.00 bits per heavy atom. The number of rotatable bonds is 8. The summed E-state index contributed by atoms with van der Waals surface area (Å²) in [7, 11) is -1.31. The Hall–Kier alpha value is 0.137. The van der Waals surface area contributed by atoms with Gasteiger partial charge in [0.25, 0.3) is 0 Å². The molecule has 0 unspecified atom stereocenters. The minimum atomic E-state index is -1.31. The lowest BCUT2D eigenvalue weighted by molar-refractivity contribution is 0.298. The van der Waals surface area contributed by atoms with Crippen LogP contribution in [-0.4, -0.2) is 28.0 Å². The third kappa shape index (κ3) is 4.79. The fourth-order valence-electron chi connectivity index (χ4n) is 1.57. The van der Waals surface area contributed by atoms with Gasteiger partial charge in [-0.15, -0.1) is 0 Å². The van der Waals surface area contributed by atoms with Crippen LogP contribution in [-0.2, 0) is 4.43 Å². The smallest absolute Gasteiger partial charge is 0.192 e. The van der Waals surface area contributed by atoms with E-state index in [2.05, 4.69) is 33.0 Å². The molecule has 1 N–H and O–H groups in total. The quantitative estimate of drug-likeness (QED) is 0.484. The molecule has 0 bridgehead atoms. The van der Waals surface area contributed by atoms with Crippen molar-refractivity contribution in [1.29, 1.82) is 0 Å². The Balaban J connectivity index is 3.68. The van der Waals surface area contributed by atoms with Crippen molar-refractivity contribution in [3.63, 3.8) is 0 Å². The number of nitrogens with one attached hydrogen (secondary N) is 1. The SMILES string of the molecule is CCNCCO[Si](CC)(CC)CC. The van der Waals surface area contributed by atoms with Crippen molar-refractivity contribution in [3.05, 3.63) is 0 Å². The number of hydrogen-bond donors (Lipinski definition) is 1. The molecule has 0 aliphatic rings. The lowest BCUT2D eigenvalue weighted by Gasteiger charge is -2.27. The van der Waals surface area contributed by atoms with Crippen molar-refractivity contribution in [2.75, 3.05) is 19.7 Å². The van der Waals surface area contributed by atoms with Crippen LogP contribution in [0.25, 0.3) is 0 Å². The molecule has 0 amide bonds. The van der Waals surface area contributed by atoms with Gasteiger partial charge >= 0.3 is 0 Å². The summed E-state index contributed by atoms with van der Waals surface area (Å²) in [5.74, 6) is 0. The van der Waals surface area contributed by atoms with E-state index in [0.29, 0.717) is 0 Å². The van der Waals surface area contributed by atoms with Crippen molar-refractivity contribution in [2.45, 2.75) is 45.8 Å². The largest absolute Gasteiger partial charge is 0.416 e. The Kier molecular flexibility index (Phi) is 7.61. The minimum Gasteiger partial charge on any atom is -0.416 e. The van der Waals surface area contributed by atoms with Crippen molar-refractivity contribution in [1.82, 2.24) is 5.32 Å². The van der Waals surface area contributed by atoms with E-state index in [4.69, 9.17) is 4.43 Å². The summed E-state index contributed by atoms with van der Waals surface area (Å²) < 4.78 is 6.06. The summed E-state index contributed by atoms with van der Waals surface area (Å²) in [5.41, 5.74) is 0. The molecule has 0 aromatic heterocycles. The van der Waals surface area contributed by atoms with Gasteiger partial charge in [0, 0.05) is 13.2 Å². The first-order valence-electron chi connectivity index (χ1n) is 5.59. The first-order chi connectivity index (χ1) is 6.24. The molecule has 3 heteroatoms. The molecule has 0 spiro atoms. The van der Waals surface area contributed by atoms with E-state index in [1.54, 1.807) is 0 Å². The summed E-state index contributed by atoms with van der Waals surface area (Å²) in [6.07, 6.45) is 0. The molecule has 0 fully saturated rings. The second kappa shape index (κ2) is 7.53. The third-order valence-electron chi connectivity index (χ3n) is 2.87. The van der Waals surface area contributed by atoms with Gasteiger partial charge in [0.05, 0.1) is 0 Å². The Morgan fingerprint density at radius 3 is 1.92 bits per heavy atom. The van der Waals surface area contributed by atoms with E-state index in [0.717, 1.165) is 19.7 Å². The fourth-order valence-corrected chi connectivity index (χ4v) is 4.22. The van der Waals surface area contributed by atoms with Gasteiger partial charge in [-0.3, -0.25) is 0 Å². The molecule has 0 saturated carbocycles. The highest BCUT2D eigenvalue weighted by Crippen LogP contribution is 2.20. The average molecular weight is 203 g/mol. The lowest BCUT2D eigenvalue weighted by Crippen LogP contribution is -2.38.